The van der Waals surface area contributed by atoms with Gasteiger partial charge in [-0.3, -0.25) is 9.36 Å². The second-order valence-corrected chi connectivity index (χ2v) is 12.3. The number of para-hydroxylation sites is 1. The number of thiophene rings is 1. The summed E-state index contributed by atoms with van der Waals surface area (Å²) in [5, 5.41) is 1.36. The zero-order valence-corrected chi connectivity index (χ0v) is 20.8. The van der Waals surface area contributed by atoms with Gasteiger partial charge in [0.2, 0.25) is 10.0 Å². The molecule has 1 aliphatic carbocycles. The van der Waals surface area contributed by atoms with Crippen LogP contribution in [-0.4, -0.2) is 36.4 Å². The van der Waals surface area contributed by atoms with Crippen LogP contribution in [-0.2, 0) is 28.6 Å². The van der Waals surface area contributed by atoms with Gasteiger partial charge in [-0.2, -0.15) is 0 Å². The van der Waals surface area contributed by atoms with Gasteiger partial charge < -0.3 is 0 Å². The fraction of sp³-hybridized carbons (Fsp3) is 0.250. The Balaban J connectivity index is 1.57. The molecule has 0 bridgehead atoms. The summed E-state index contributed by atoms with van der Waals surface area (Å²) in [5.41, 5.74) is 2.76. The molecule has 1 aliphatic rings. The summed E-state index contributed by atoms with van der Waals surface area (Å²) in [6.07, 6.45) is 3.03. The third-order valence-electron chi connectivity index (χ3n) is 5.77. The average molecular weight is 498 g/mol. The first-order valence-electron chi connectivity index (χ1n) is 10.6. The van der Waals surface area contributed by atoms with E-state index in [0.29, 0.717) is 10.9 Å². The number of nitrogens with zero attached hydrogens (tertiary/aromatic N) is 3. The monoisotopic (exact) mass is 497 g/mol. The number of fused-ring (bicyclic) bond motifs is 3. The number of hydrogen-bond donors (Lipinski definition) is 0. The smallest absolute Gasteiger partial charge is 0.267 e. The van der Waals surface area contributed by atoms with E-state index in [2.05, 4.69) is 0 Å². The number of thioether (sulfide) groups is 1. The van der Waals surface area contributed by atoms with Gasteiger partial charge in [0.1, 0.15) is 4.83 Å². The zero-order valence-electron chi connectivity index (χ0n) is 18.3. The number of rotatable bonds is 6. The number of sulfonamides is 1. The van der Waals surface area contributed by atoms with Crippen molar-refractivity contribution in [2.45, 2.75) is 35.1 Å². The topological polar surface area (TPSA) is 72.3 Å². The summed E-state index contributed by atoms with van der Waals surface area (Å²) in [4.78, 5) is 20.9. The van der Waals surface area contributed by atoms with E-state index in [1.807, 2.05) is 36.4 Å². The van der Waals surface area contributed by atoms with E-state index in [0.717, 1.165) is 46.3 Å². The highest BCUT2D eigenvalue weighted by atomic mass is 32.2. The van der Waals surface area contributed by atoms with Crippen LogP contribution in [0.25, 0.3) is 15.9 Å². The number of aromatic nitrogens is 2. The summed E-state index contributed by atoms with van der Waals surface area (Å²) in [5.74, 6) is 0.493. The van der Waals surface area contributed by atoms with Crippen molar-refractivity contribution in [1.82, 2.24) is 13.9 Å². The lowest BCUT2D eigenvalue weighted by Crippen LogP contribution is -2.22. The predicted molar refractivity (Wildman–Crippen MR) is 134 cm³/mol. The molecule has 0 N–H and O–H groups in total. The molecule has 2 aromatic heterocycles. The lowest BCUT2D eigenvalue weighted by molar-refractivity contribution is 0.520. The second-order valence-electron chi connectivity index (χ2n) is 8.13. The van der Waals surface area contributed by atoms with E-state index < -0.39 is 10.0 Å². The van der Waals surface area contributed by atoms with Crippen molar-refractivity contribution in [3.8, 4) is 5.69 Å². The van der Waals surface area contributed by atoms with Gasteiger partial charge >= 0.3 is 0 Å². The highest BCUT2D eigenvalue weighted by Gasteiger charge is 2.24. The van der Waals surface area contributed by atoms with Gasteiger partial charge in [0.25, 0.3) is 5.56 Å². The lowest BCUT2D eigenvalue weighted by atomic mass is 10.2. The minimum atomic E-state index is -3.51. The highest BCUT2D eigenvalue weighted by Crippen LogP contribution is 2.36. The molecule has 0 saturated carbocycles. The molecule has 0 aliphatic heterocycles. The van der Waals surface area contributed by atoms with Crippen LogP contribution in [0.1, 0.15) is 22.4 Å². The molecule has 0 amide bonds. The molecule has 2 heterocycles. The maximum atomic E-state index is 13.7. The Hall–Kier alpha value is -2.46. The minimum absolute atomic E-state index is 0.0305. The molecule has 2 aromatic carbocycles. The van der Waals surface area contributed by atoms with Crippen molar-refractivity contribution in [1.29, 1.82) is 0 Å². The Labute approximate surface area is 201 Å². The molecule has 0 spiro atoms. The van der Waals surface area contributed by atoms with Crippen LogP contribution >= 0.6 is 23.1 Å². The summed E-state index contributed by atoms with van der Waals surface area (Å²) < 4.78 is 27.9. The molecule has 0 fully saturated rings. The Morgan fingerprint density at radius 3 is 2.64 bits per heavy atom. The second kappa shape index (κ2) is 8.72. The van der Waals surface area contributed by atoms with Crippen LogP contribution in [0.3, 0.4) is 0 Å². The van der Waals surface area contributed by atoms with Gasteiger partial charge in [0.05, 0.1) is 16.0 Å². The molecule has 4 aromatic rings. The van der Waals surface area contributed by atoms with Crippen LogP contribution in [0.15, 0.2) is 69.4 Å². The molecule has 6 nitrogen and oxygen atoms in total. The fourth-order valence-corrected chi connectivity index (χ4v) is 7.31. The molecule has 5 rings (SSSR count). The largest absolute Gasteiger partial charge is 0.268 e. The Morgan fingerprint density at radius 2 is 1.88 bits per heavy atom. The normalized spacial score (nSPS) is 13.7. The van der Waals surface area contributed by atoms with Crippen LogP contribution in [0.4, 0.5) is 0 Å². The van der Waals surface area contributed by atoms with Crippen molar-refractivity contribution >= 4 is 43.3 Å². The molecule has 0 saturated heterocycles. The van der Waals surface area contributed by atoms with Crippen LogP contribution in [0.5, 0.6) is 0 Å². The van der Waals surface area contributed by atoms with Crippen molar-refractivity contribution < 1.29 is 8.42 Å². The standard InChI is InChI=1S/C24H23N3O3S3/c1-26(2)33(29,30)18-11-6-8-16(14-18)15-31-24-25-22-21(19-12-7-13-20(19)32-22)23(28)27(24)17-9-4-3-5-10-17/h3-6,8-11,14H,7,12-13,15H2,1-2H3. The number of aryl methyl sites for hydroxylation is 2. The number of benzene rings is 2. The average Bonchev–Trinajstić information content (AvgIpc) is 3.39. The molecule has 0 atom stereocenters. The molecule has 0 unspecified atom stereocenters. The first-order valence-corrected chi connectivity index (χ1v) is 13.9. The van der Waals surface area contributed by atoms with E-state index in [1.165, 1.54) is 35.0 Å². The highest BCUT2D eigenvalue weighted by molar-refractivity contribution is 7.98. The van der Waals surface area contributed by atoms with E-state index in [4.69, 9.17) is 4.98 Å². The van der Waals surface area contributed by atoms with E-state index in [-0.39, 0.29) is 10.5 Å². The predicted octanol–water partition coefficient (Wildman–Crippen LogP) is 4.48. The van der Waals surface area contributed by atoms with Crippen LogP contribution in [0, 0.1) is 0 Å². The third-order valence-corrected chi connectivity index (χ3v) is 9.77. The first-order chi connectivity index (χ1) is 15.9. The zero-order chi connectivity index (χ0) is 23.2. The SMILES string of the molecule is CN(C)S(=O)(=O)c1cccc(CSc2nc3sc4c(c3c(=O)n2-c2ccccc2)CCC4)c1. The molecule has 0 radical (unpaired) electrons. The van der Waals surface area contributed by atoms with Crippen molar-refractivity contribution in [3.63, 3.8) is 0 Å². The Bertz CT molecular complexity index is 1510. The Morgan fingerprint density at radius 1 is 1.09 bits per heavy atom. The van der Waals surface area contributed by atoms with E-state index in [9.17, 15) is 13.2 Å². The van der Waals surface area contributed by atoms with Crippen molar-refractivity contribution in [2.24, 2.45) is 0 Å². The lowest BCUT2D eigenvalue weighted by Gasteiger charge is -2.14. The van der Waals surface area contributed by atoms with Crippen LogP contribution < -0.4 is 5.56 Å². The molecule has 9 heteroatoms. The minimum Gasteiger partial charge on any atom is -0.268 e. The fourth-order valence-electron chi connectivity index (χ4n) is 4.08. The first kappa shape index (κ1) is 22.3. The maximum Gasteiger partial charge on any atom is 0.267 e. The van der Waals surface area contributed by atoms with Gasteiger partial charge in [0, 0.05) is 24.7 Å². The van der Waals surface area contributed by atoms with Crippen LogP contribution in [0.2, 0.25) is 0 Å². The molecular weight excluding hydrogens is 474 g/mol. The third kappa shape index (κ3) is 4.03. The Kier molecular flexibility index (Phi) is 5.90. The summed E-state index contributed by atoms with van der Waals surface area (Å²) in [6, 6.07) is 16.5. The van der Waals surface area contributed by atoms with Gasteiger partial charge in [-0.1, -0.05) is 42.1 Å². The van der Waals surface area contributed by atoms with Crippen molar-refractivity contribution in [2.75, 3.05) is 14.1 Å². The molecule has 33 heavy (non-hydrogen) atoms. The van der Waals surface area contributed by atoms with Gasteiger partial charge in [-0.15, -0.1) is 11.3 Å². The van der Waals surface area contributed by atoms with Crippen molar-refractivity contribution in [3.05, 3.63) is 81.0 Å². The number of hydrogen-bond acceptors (Lipinski definition) is 6. The maximum absolute atomic E-state index is 13.7. The van der Waals surface area contributed by atoms with E-state index in [1.54, 1.807) is 34.1 Å². The summed E-state index contributed by atoms with van der Waals surface area (Å²) >= 11 is 3.07. The molecular formula is C24H23N3O3S3. The van der Waals surface area contributed by atoms with Gasteiger partial charge in [0.15, 0.2) is 5.16 Å². The molecule has 170 valence electrons. The summed E-state index contributed by atoms with van der Waals surface area (Å²) in [6.45, 7) is 0. The van der Waals surface area contributed by atoms with Gasteiger partial charge in [-0.25, -0.2) is 17.7 Å². The summed E-state index contributed by atoms with van der Waals surface area (Å²) in [7, 11) is -0.471. The van der Waals surface area contributed by atoms with E-state index >= 15 is 0 Å². The quantitative estimate of drug-likeness (QED) is 0.290. The van der Waals surface area contributed by atoms with Gasteiger partial charge in [-0.05, 0) is 54.7 Å².